The summed E-state index contributed by atoms with van der Waals surface area (Å²) in [5.74, 6) is -0.329. The zero-order valence-electron chi connectivity index (χ0n) is 20.2. The number of aromatic nitrogens is 3. The summed E-state index contributed by atoms with van der Waals surface area (Å²) in [6.07, 6.45) is 5.11. The number of carbonyl (C=O) groups is 2. The number of nitrogens with one attached hydrogen (secondary N) is 1. The first-order chi connectivity index (χ1) is 17.5. The summed E-state index contributed by atoms with van der Waals surface area (Å²) in [6, 6.07) is 20.5. The molecule has 0 aliphatic heterocycles. The molecule has 36 heavy (non-hydrogen) atoms. The van der Waals surface area contributed by atoms with Crippen molar-refractivity contribution in [3.63, 3.8) is 0 Å². The van der Waals surface area contributed by atoms with Crippen LogP contribution in [0.15, 0.2) is 85.3 Å². The van der Waals surface area contributed by atoms with E-state index in [2.05, 4.69) is 20.3 Å². The second kappa shape index (κ2) is 11.7. The minimum atomic E-state index is -0.451. The van der Waals surface area contributed by atoms with Gasteiger partial charge in [0, 0.05) is 41.9 Å². The molecule has 2 heterocycles. The third-order valence-corrected chi connectivity index (χ3v) is 5.47. The maximum Gasteiger partial charge on any atom is 0.325 e. The standard InChI is InChI=1S/C28H27N5O3/c1-3-36-26(34)19-33(18-21-8-5-4-6-9-21)27(35)22-12-11-20(2)25(16-22)32-28-30-15-13-24(31-28)23-10-7-14-29-17-23/h4-17H,3,18-19H2,1-2H3,(H,30,31,32). The van der Waals surface area contributed by atoms with Crippen molar-refractivity contribution in [1.82, 2.24) is 19.9 Å². The topological polar surface area (TPSA) is 97.3 Å². The van der Waals surface area contributed by atoms with Crippen molar-refractivity contribution < 1.29 is 14.3 Å². The molecule has 2 aromatic heterocycles. The number of nitrogens with zero attached hydrogens (tertiary/aromatic N) is 4. The first kappa shape index (κ1) is 24.5. The van der Waals surface area contributed by atoms with Crippen LogP contribution in [0.2, 0.25) is 0 Å². The number of pyridine rings is 1. The second-order valence-corrected chi connectivity index (χ2v) is 8.11. The van der Waals surface area contributed by atoms with Gasteiger partial charge >= 0.3 is 5.97 Å². The number of anilines is 2. The van der Waals surface area contributed by atoms with Gasteiger partial charge in [0.05, 0.1) is 12.3 Å². The van der Waals surface area contributed by atoms with E-state index in [-0.39, 0.29) is 25.6 Å². The molecule has 0 spiro atoms. The Kier molecular flexibility index (Phi) is 7.97. The number of carbonyl (C=O) groups excluding carboxylic acids is 2. The van der Waals surface area contributed by atoms with Crippen molar-refractivity contribution in [2.45, 2.75) is 20.4 Å². The predicted molar refractivity (Wildman–Crippen MR) is 138 cm³/mol. The summed E-state index contributed by atoms with van der Waals surface area (Å²) in [6.45, 7) is 4.06. The molecule has 8 nitrogen and oxygen atoms in total. The van der Waals surface area contributed by atoms with E-state index in [0.29, 0.717) is 17.2 Å². The van der Waals surface area contributed by atoms with E-state index in [0.717, 1.165) is 22.4 Å². The summed E-state index contributed by atoms with van der Waals surface area (Å²) in [5.41, 5.74) is 4.57. The van der Waals surface area contributed by atoms with Crippen molar-refractivity contribution in [3.05, 3.63) is 102 Å². The van der Waals surface area contributed by atoms with E-state index < -0.39 is 5.97 Å². The highest BCUT2D eigenvalue weighted by Gasteiger charge is 2.21. The first-order valence-electron chi connectivity index (χ1n) is 11.6. The van der Waals surface area contributed by atoms with Gasteiger partial charge in [0.25, 0.3) is 5.91 Å². The van der Waals surface area contributed by atoms with Crippen LogP contribution in [0.5, 0.6) is 0 Å². The van der Waals surface area contributed by atoms with Gasteiger partial charge in [-0.25, -0.2) is 9.97 Å². The molecule has 2 aromatic carbocycles. The average Bonchev–Trinajstić information content (AvgIpc) is 2.90. The fourth-order valence-electron chi connectivity index (χ4n) is 3.65. The van der Waals surface area contributed by atoms with E-state index >= 15 is 0 Å². The van der Waals surface area contributed by atoms with Gasteiger partial charge in [0.15, 0.2) is 0 Å². The summed E-state index contributed by atoms with van der Waals surface area (Å²) < 4.78 is 5.10. The molecule has 0 aliphatic carbocycles. The van der Waals surface area contributed by atoms with Crippen molar-refractivity contribution >= 4 is 23.5 Å². The minimum Gasteiger partial charge on any atom is -0.465 e. The Balaban J connectivity index is 1.58. The lowest BCUT2D eigenvalue weighted by molar-refractivity contribution is -0.143. The third kappa shape index (κ3) is 6.29. The van der Waals surface area contributed by atoms with Crippen molar-refractivity contribution in [2.75, 3.05) is 18.5 Å². The van der Waals surface area contributed by atoms with Gasteiger partial charge in [0.2, 0.25) is 5.95 Å². The van der Waals surface area contributed by atoms with Gasteiger partial charge in [-0.1, -0.05) is 36.4 Å². The van der Waals surface area contributed by atoms with E-state index in [1.54, 1.807) is 37.6 Å². The van der Waals surface area contributed by atoms with Gasteiger partial charge in [-0.2, -0.15) is 0 Å². The van der Waals surface area contributed by atoms with E-state index in [9.17, 15) is 9.59 Å². The lowest BCUT2D eigenvalue weighted by Crippen LogP contribution is -2.36. The molecular weight excluding hydrogens is 454 g/mol. The van der Waals surface area contributed by atoms with E-state index in [4.69, 9.17) is 4.74 Å². The number of esters is 1. The Morgan fingerprint density at radius 2 is 1.83 bits per heavy atom. The molecule has 0 saturated carbocycles. The fraction of sp³-hybridized carbons (Fsp3) is 0.179. The number of amides is 1. The molecule has 0 fully saturated rings. The Morgan fingerprint density at radius 3 is 2.58 bits per heavy atom. The molecule has 0 radical (unpaired) electrons. The van der Waals surface area contributed by atoms with Gasteiger partial charge in [-0.15, -0.1) is 0 Å². The molecule has 4 rings (SSSR count). The summed E-state index contributed by atoms with van der Waals surface area (Å²) >= 11 is 0. The Morgan fingerprint density at radius 1 is 1.00 bits per heavy atom. The molecular formula is C28H27N5O3. The highest BCUT2D eigenvalue weighted by atomic mass is 16.5. The molecule has 0 saturated heterocycles. The van der Waals surface area contributed by atoms with Crippen LogP contribution >= 0.6 is 0 Å². The van der Waals surface area contributed by atoms with Crippen molar-refractivity contribution in [3.8, 4) is 11.3 Å². The number of rotatable bonds is 9. The zero-order valence-corrected chi connectivity index (χ0v) is 20.2. The average molecular weight is 482 g/mol. The van der Waals surface area contributed by atoms with E-state index in [1.165, 1.54) is 4.90 Å². The predicted octanol–water partition coefficient (Wildman–Crippen LogP) is 4.80. The van der Waals surface area contributed by atoms with Crippen LogP contribution in [0.25, 0.3) is 11.3 Å². The SMILES string of the molecule is CCOC(=O)CN(Cc1ccccc1)C(=O)c1ccc(C)c(Nc2nccc(-c3cccnc3)n2)c1. The lowest BCUT2D eigenvalue weighted by Gasteiger charge is -2.22. The molecule has 1 amide bonds. The molecule has 182 valence electrons. The normalized spacial score (nSPS) is 10.5. The molecule has 0 bridgehead atoms. The Hall–Kier alpha value is -4.59. The molecule has 1 N–H and O–H groups in total. The molecule has 0 aliphatic rings. The Labute approximate surface area is 210 Å². The second-order valence-electron chi connectivity index (χ2n) is 8.11. The quantitative estimate of drug-likeness (QED) is 0.343. The molecule has 0 atom stereocenters. The van der Waals surface area contributed by atoms with Crippen LogP contribution in [0.4, 0.5) is 11.6 Å². The molecule has 0 unspecified atom stereocenters. The first-order valence-corrected chi connectivity index (χ1v) is 11.6. The minimum absolute atomic E-state index is 0.144. The van der Waals surface area contributed by atoms with E-state index in [1.807, 2.05) is 61.5 Å². The molecule has 4 aromatic rings. The summed E-state index contributed by atoms with van der Waals surface area (Å²) in [4.78, 5) is 40.3. The van der Waals surface area contributed by atoms with Gasteiger partial charge in [-0.05, 0) is 55.3 Å². The van der Waals surface area contributed by atoms with Crippen LogP contribution in [0, 0.1) is 6.92 Å². The number of ether oxygens (including phenoxy) is 1. The van der Waals surface area contributed by atoms with Crippen LogP contribution in [-0.2, 0) is 16.1 Å². The van der Waals surface area contributed by atoms with Crippen molar-refractivity contribution in [1.29, 1.82) is 0 Å². The van der Waals surface area contributed by atoms with Crippen LogP contribution in [-0.4, -0.2) is 44.9 Å². The summed E-state index contributed by atoms with van der Waals surface area (Å²) in [5, 5.41) is 3.22. The monoisotopic (exact) mass is 481 g/mol. The number of benzene rings is 2. The maximum atomic E-state index is 13.5. The number of hydrogen-bond donors (Lipinski definition) is 1. The smallest absolute Gasteiger partial charge is 0.325 e. The lowest BCUT2D eigenvalue weighted by atomic mass is 10.1. The number of hydrogen-bond acceptors (Lipinski definition) is 7. The largest absolute Gasteiger partial charge is 0.465 e. The van der Waals surface area contributed by atoms with Gasteiger partial charge < -0.3 is 15.0 Å². The number of aryl methyl sites for hydroxylation is 1. The van der Waals surface area contributed by atoms with Gasteiger partial charge in [0.1, 0.15) is 6.54 Å². The Bertz CT molecular complexity index is 1330. The van der Waals surface area contributed by atoms with Crippen LogP contribution < -0.4 is 5.32 Å². The van der Waals surface area contributed by atoms with Crippen LogP contribution in [0.3, 0.4) is 0 Å². The zero-order chi connectivity index (χ0) is 25.3. The van der Waals surface area contributed by atoms with Crippen LogP contribution in [0.1, 0.15) is 28.4 Å². The molecule has 8 heteroatoms. The summed E-state index contributed by atoms with van der Waals surface area (Å²) in [7, 11) is 0. The fourth-order valence-corrected chi connectivity index (χ4v) is 3.65. The highest BCUT2D eigenvalue weighted by Crippen LogP contribution is 2.23. The maximum absolute atomic E-state index is 13.5. The third-order valence-electron chi connectivity index (χ3n) is 5.47. The van der Waals surface area contributed by atoms with Crippen molar-refractivity contribution in [2.24, 2.45) is 0 Å². The highest BCUT2D eigenvalue weighted by molar-refractivity contribution is 5.97. The van der Waals surface area contributed by atoms with Gasteiger partial charge in [-0.3, -0.25) is 14.6 Å².